The first kappa shape index (κ1) is 14.2. The molecule has 0 heterocycles. The molecule has 0 bridgehead atoms. The van der Waals surface area contributed by atoms with Gasteiger partial charge in [0.05, 0.1) is 13.7 Å². The average molecular weight is 340 g/mol. The first-order valence-corrected chi connectivity index (χ1v) is 8.13. The lowest BCUT2D eigenvalue weighted by atomic mass is 9.88. The Morgan fingerprint density at radius 1 is 1.40 bits per heavy atom. The molecule has 4 heteroatoms. The SMILES string of the molecule is COc1ccc(Br)c(C2(C(C)N)CC2)c1OCC1CC1. The number of ether oxygens (including phenoxy) is 2. The van der Waals surface area contributed by atoms with Crippen molar-refractivity contribution in [1.29, 1.82) is 0 Å². The Balaban J connectivity index is 2.00. The molecule has 0 aliphatic heterocycles. The highest BCUT2D eigenvalue weighted by atomic mass is 79.9. The fourth-order valence-corrected chi connectivity index (χ4v) is 3.57. The van der Waals surface area contributed by atoms with Crippen molar-refractivity contribution in [2.45, 2.75) is 44.1 Å². The summed E-state index contributed by atoms with van der Waals surface area (Å²) in [5.41, 5.74) is 7.49. The van der Waals surface area contributed by atoms with Gasteiger partial charge in [-0.05, 0) is 50.7 Å². The van der Waals surface area contributed by atoms with Crippen LogP contribution >= 0.6 is 15.9 Å². The largest absolute Gasteiger partial charge is 0.493 e. The molecular weight excluding hydrogens is 318 g/mol. The van der Waals surface area contributed by atoms with Crippen LogP contribution in [0.2, 0.25) is 0 Å². The molecule has 0 spiro atoms. The summed E-state index contributed by atoms with van der Waals surface area (Å²) in [6.07, 6.45) is 4.81. The smallest absolute Gasteiger partial charge is 0.166 e. The normalized spacial score (nSPS) is 21.4. The van der Waals surface area contributed by atoms with Gasteiger partial charge in [-0.3, -0.25) is 0 Å². The molecule has 110 valence electrons. The lowest BCUT2D eigenvalue weighted by Gasteiger charge is -2.26. The molecule has 0 radical (unpaired) electrons. The van der Waals surface area contributed by atoms with Crippen molar-refractivity contribution in [3.63, 3.8) is 0 Å². The van der Waals surface area contributed by atoms with Crippen LogP contribution in [0, 0.1) is 5.92 Å². The van der Waals surface area contributed by atoms with E-state index < -0.39 is 0 Å². The summed E-state index contributed by atoms with van der Waals surface area (Å²) in [5.74, 6) is 2.43. The number of rotatable bonds is 6. The van der Waals surface area contributed by atoms with Gasteiger partial charge in [0, 0.05) is 21.5 Å². The fraction of sp³-hybridized carbons (Fsp3) is 0.625. The van der Waals surface area contributed by atoms with E-state index in [1.807, 2.05) is 12.1 Å². The second-order valence-corrected chi connectivity index (χ2v) is 7.01. The monoisotopic (exact) mass is 339 g/mol. The van der Waals surface area contributed by atoms with Gasteiger partial charge in [0.15, 0.2) is 11.5 Å². The van der Waals surface area contributed by atoms with Crippen LogP contribution < -0.4 is 15.2 Å². The molecule has 1 aromatic carbocycles. The van der Waals surface area contributed by atoms with Crippen molar-refractivity contribution in [2.75, 3.05) is 13.7 Å². The van der Waals surface area contributed by atoms with E-state index in [2.05, 4.69) is 22.9 Å². The first-order valence-electron chi connectivity index (χ1n) is 7.34. The molecule has 1 unspecified atom stereocenters. The highest BCUT2D eigenvalue weighted by Crippen LogP contribution is 2.57. The fourth-order valence-electron chi connectivity index (χ4n) is 2.86. The number of halogens is 1. The molecule has 2 saturated carbocycles. The molecule has 2 fully saturated rings. The Hall–Kier alpha value is -0.740. The first-order chi connectivity index (χ1) is 9.58. The second kappa shape index (κ2) is 5.23. The summed E-state index contributed by atoms with van der Waals surface area (Å²) in [5, 5.41) is 0. The highest BCUT2D eigenvalue weighted by Gasteiger charge is 2.51. The maximum atomic E-state index is 6.25. The molecule has 1 atom stereocenters. The zero-order valence-corrected chi connectivity index (χ0v) is 13.7. The van der Waals surface area contributed by atoms with Crippen molar-refractivity contribution in [3.8, 4) is 11.5 Å². The topological polar surface area (TPSA) is 44.5 Å². The number of benzene rings is 1. The third-order valence-corrected chi connectivity index (χ3v) is 5.27. The van der Waals surface area contributed by atoms with Crippen molar-refractivity contribution >= 4 is 15.9 Å². The van der Waals surface area contributed by atoms with E-state index in [0.29, 0.717) is 0 Å². The molecule has 2 aliphatic carbocycles. The van der Waals surface area contributed by atoms with Gasteiger partial charge in [-0.15, -0.1) is 0 Å². The molecule has 2 N–H and O–H groups in total. The van der Waals surface area contributed by atoms with Crippen LogP contribution in [-0.2, 0) is 5.41 Å². The molecule has 3 nitrogen and oxygen atoms in total. The zero-order valence-electron chi connectivity index (χ0n) is 12.1. The zero-order chi connectivity index (χ0) is 14.3. The van der Waals surface area contributed by atoms with Gasteiger partial charge in [-0.25, -0.2) is 0 Å². The Labute approximate surface area is 129 Å². The minimum atomic E-state index is 0.0479. The predicted octanol–water partition coefficient (Wildman–Crippen LogP) is 3.63. The summed E-state index contributed by atoms with van der Waals surface area (Å²) in [6, 6.07) is 4.13. The minimum Gasteiger partial charge on any atom is -0.493 e. The summed E-state index contributed by atoms with van der Waals surface area (Å²) in [6.45, 7) is 2.87. The summed E-state index contributed by atoms with van der Waals surface area (Å²) in [7, 11) is 1.70. The van der Waals surface area contributed by atoms with Crippen LogP contribution in [0.4, 0.5) is 0 Å². The third kappa shape index (κ3) is 2.44. The van der Waals surface area contributed by atoms with E-state index in [1.165, 1.54) is 18.4 Å². The van der Waals surface area contributed by atoms with Crippen LogP contribution in [0.25, 0.3) is 0 Å². The van der Waals surface area contributed by atoms with Crippen LogP contribution in [0.15, 0.2) is 16.6 Å². The third-order valence-electron chi connectivity index (χ3n) is 4.61. The Kier molecular flexibility index (Phi) is 3.71. The molecule has 3 rings (SSSR count). The Morgan fingerprint density at radius 3 is 2.60 bits per heavy atom. The van der Waals surface area contributed by atoms with Gasteiger partial charge in [0.1, 0.15) is 0 Å². The Bertz CT molecular complexity index is 507. The summed E-state index contributed by atoms with van der Waals surface area (Å²) < 4.78 is 12.7. The van der Waals surface area contributed by atoms with Gasteiger partial charge in [0.25, 0.3) is 0 Å². The van der Waals surface area contributed by atoms with E-state index in [-0.39, 0.29) is 11.5 Å². The lowest BCUT2D eigenvalue weighted by molar-refractivity contribution is 0.273. The molecule has 0 amide bonds. The van der Waals surface area contributed by atoms with E-state index in [0.717, 1.165) is 41.3 Å². The summed E-state index contributed by atoms with van der Waals surface area (Å²) >= 11 is 3.69. The maximum absolute atomic E-state index is 6.25. The molecule has 1 aromatic rings. The van der Waals surface area contributed by atoms with Gasteiger partial charge < -0.3 is 15.2 Å². The van der Waals surface area contributed by atoms with Gasteiger partial charge in [-0.1, -0.05) is 15.9 Å². The second-order valence-electron chi connectivity index (χ2n) is 6.15. The Morgan fingerprint density at radius 2 is 2.10 bits per heavy atom. The van der Waals surface area contributed by atoms with Gasteiger partial charge >= 0.3 is 0 Å². The van der Waals surface area contributed by atoms with E-state index in [9.17, 15) is 0 Å². The molecule has 0 saturated heterocycles. The van der Waals surface area contributed by atoms with Crippen molar-refractivity contribution < 1.29 is 9.47 Å². The van der Waals surface area contributed by atoms with Crippen molar-refractivity contribution in [1.82, 2.24) is 0 Å². The molecule has 2 aliphatic rings. The quantitative estimate of drug-likeness (QED) is 0.860. The van der Waals surface area contributed by atoms with E-state index in [4.69, 9.17) is 15.2 Å². The number of methoxy groups -OCH3 is 1. The number of hydrogen-bond acceptors (Lipinski definition) is 3. The van der Waals surface area contributed by atoms with Crippen LogP contribution in [0.1, 0.15) is 38.2 Å². The van der Waals surface area contributed by atoms with Crippen LogP contribution in [0.5, 0.6) is 11.5 Å². The van der Waals surface area contributed by atoms with Crippen LogP contribution in [-0.4, -0.2) is 19.8 Å². The van der Waals surface area contributed by atoms with E-state index in [1.54, 1.807) is 7.11 Å². The number of hydrogen-bond donors (Lipinski definition) is 1. The maximum Gasteiger partial charge on any atom is 0.166 e. The predicted molar refractivity (Wildman–Crippen MR) is 83.5 cm³/mol. The van der Waals surface area contributed by atoms with Crippen molar-refractivity contribution in [3.05, 3.63) is 22.2 Å². The van der Waals surface area contributed by atoms with Crippen LogP contribution in [0.3, 0.4) is 0 Å². The molecular formula is C16H22BrNO2. The highest BCUT2D eigenvalue weighted by molar-refractivity contribution is 9.10. The molecule has 20 heavy (non-hydrogen) atoms. The lowest BCUT2D eigenvalue weighted by Crippen LogP contribution is -2.32. The molecule has 0 aromatic heterocycles. The standard InChI is InChI=1S/C16H22BrNO2/c1-10(18)16(7-8-16)14-12(17)5-6-13(19-2)15(14)20-9-11-3-4-11/h5-6,10-11H,3-4,7-9,18H2,1-2H3. The van der Waals surface area contributed by atoms with Gasteiger partial charge in [-0.2, -0.15) is 0 Å². The minimum absolute atomic E-state index is 0.0479. The summed E-state index contributed by atoms with van der Waals surface area (Å²) in [4.78, 5) is 0. The number of nitrogens with two attached hydrogens (primary N) is 1. The average Bonchev–Trinajstić information content (AvgIpc) is 3.29. The van der Waals surface area contributed by atoms with Gasteiger partial charge in [0.2, 0.25) is 0 Å². The van der Waals surface area contributed by atoms with Crippen molar-refractivity contribution in [2.24, 2.45) is 11.7 Å². The van der Waals surface area contributed by atoms with E-state index >= 15 is 0 Å².